The van der Waals surface area contributed by atoms with Gasteiger partial charge in [-0.25, -0.2) is 19.4 Å². The Morgan fingerprint density at radius 3 is 2.22 bits per heavy atom. The zero-order valence-corrected chi connectivity index (χ0v) is 17.0. The molecule has 1 heterocycles. The van der Waals surface area contributed by atoms with E-state index in [9.17, 15) is 14.4 Å². The Bertz CT molecular complexity index is 688. The molecule has 0 unspecified atom stereocenters. The number of amides is 1. The predicted molar refractivity (Wildman–Crippen MR) is 99.1 cm³/mol. The van der Waals surface area contributed by atoms with Gasteiger partial charge in [-0.15, -0.1) is 0 Å². The Morgan fingerprint density at radius 1 is 1.07 bits per heavy atom. The lowest BCUT2D eigenvalue weighted by Crippen LogP contribution is -2.39. The highest BCUT2D eigenvalue weighted by Gasteiger charge is 2.30. The second-order valence-electron chi connectivity index (χ2n) is 8.08. The van der Waals surface area contributed by atoms with Crippen LogP contribution >= 0.6 is 0 Å². The zero-order chi connectivity index (χ0) is 20.8. The average molecular weight is 380 g/mol. The quantitative estimate of drug-likeness (QED) is 0.577. The van der Waals surface area contributed by atoms with Crippen LogP contribution in [0.25, 0.3) is 0 Å². The van der Waals surface area contributed by atoms with Crippen LogP contribution in [0.5, 0.6) is 0 Å². The van der Waals surface area contributed by atoms with Crippen molar-refractivity contribution in [3.8, 4) is 0 Å². The van der Waals surface area contributed by atoms with Crippen molar-refractivity contribution in [1.82, 2.24) is 4.98 Å². The van der Waals surface area contributed by atoms with Crippen LogP contribution in [0.3, 0.4) is 0 Å². The van der Waals surface area contributed by atoms with E-state index in [1.54, 1.807) is 27.7 Å². The lowest BCUT2D eigenvalue weighted by atomic mass is 9.93. The summed E-state index contributed by atoms with van der Waals surface area (Å²) in [7, 11) is 0. The van der Waals surface area contributed by atoms with Crippen LogP contribution in [0.1, 0.15) is 65.4 Å². The Labute approximate surface area is 159 Å². The highest BCUT2D eigenvalue weighted by Crippen LogP contribution is 2.22. The van der Waals surface area contributed by atoms with E-state index >= 15 is 0 Å². The molecule has 1 aromatic heterocycles. The molecule has 1 aromatic rings. The van der Waals surface area contributed by atoms with Gasteiger partial charge in [-0.2, -0.15) is 0 Å². The first-order valence-corrected chi connectivity index (χ1v) is 8.70. The number of hydroxylamine groups is 1. The Kier molecular flexibility index (Phi) is 7.33. The van der Waals surface area contributed by atoms with Gasteiger partial charge in [0, 0.05) is 0 Å². The molecule has 1 amide bonds. The Morgan fingerprint density at radius 2 is 1.70 bits per heavy atom. The molecule has 8 heteroatoms. The van der Waals surface area contributed by atoms with Crippen molar-refractivity contribution in [1.29, 1.82) is 0 Å². The molecular weight excluding hydrogens is 352 g/mol. The van der Waals surface area contributed by atoms with E-state index < -0.39 is 23.6 Å². The van der Waals surface area contributed by atoms with Gasteiger partial charge in [0.2, 0.25) is 0 Å². The molecule has 0 aliphatic rings. The zero-order valence-electron chi connectivity index (χ0n) is 17.0. The second-order valence-corrected chi connectivity index (χ2v) is 8.08. The third-order valence-electron chi connectivity index (χ3n) is 2.85. The normalized spacial score (nSPS) is 11.5. The summed E-state index contributed by atoms with van der Waals surface area (Å²) in [4.78, 5) is 46.0. The topological polar surface area (TPSA) is 95.0 Å². The van der Waals surface area contributed by atoms with Crippen molar-refractivity contribution in [3.63, 3.8) is 0 Å². The van der Waals surface area contributed by atoms with Crippen LogP contribution < -0.4 is 5.06 Å². The molecule has 0 radical (unpaired) electrons. The number of aromatic nitrogens is 1. The molecule has 0 bridgehead atoms. The van der Waals surface area contributed by atoms with E-state index in [1.165, 1.54) is 18.2 Å². The molecular formula is C19H28N2O6. The van der Waals surface area contributed by atoms with E-state index in [0.717, 1.165) is 0 Å². The number of hydrogen-bond donors (Lipinski definition) is 0. The smallest absolute Gasteiger partial charge is 0.450 e. The van der Waals surface area contributed by atoms with Crippen molar-refractivity contribution in [3.05, 3.63) is 23.9 Å². The van der Waals surface area contributed by atoms with E-state index in [2.05, 4.69) is 4.98 Å². The molecule has 0 saturated carbocycles. The summed E-state index contributed by atoms with van der Waals surface area (Å²) in [6.45, 7) is 12.5. The number of pyridine rings is 1. The molecule has 0 spiro atoms. The van der Waals surface area contributed by atoms with Crippen LogP contribution in [0.15, 0.2) is 18.2 Å². The first kappa shape index (κ1) is 22.4. The molecule has 0 saturated heterocycles. The number of rotatable bonds is 4. The molecule has 150 valence electrons. The van der Waals surface area contributed by atoms with Crippen LogP contribution in [-0.4, -0.2) is 35.2 Å². The fourth-order valence-corrected chi connectivity index (χ4v) is 1.90. The van der Waals surface area contributed by atoms with Crippen molar-refractivity contribution >= 4 is 23.8 Å². The first-order chi connectivity index (χ1) is 12.3. The minimum absolute atomic E-state index is 0.0187. The van der Waals surface area contributed by atoms with Crippen LogP contribution in [0.2, 0.25) is 0 Å². The Hall–Kier alpha value is -2.64. The van der Waals surface area contributed by atoms with Gasteiger partial charge < -0.3 is 14.3 Å². The van der Waals surface area contributed by atoms with E-state index in [-0.39, 0.29) is 30.0 Å². The maximum absolute atomic E-state index is 12.5. The summed E-state index contributed by atoms with van der Waals surface area (Å²) in [5.74, 6) is -1.33. The SMILES string of the molecule is CCOC(=O)c1cccc(N(OC(=O)CC(C)(C)C)C(=O)OC(C)(C)C)n1. The number of esters is 1. The summed E-state index contributed by atoms with van der Waals surface area (Å²) in [5, 5.41) is 0.655. The third-order valence-corrected chi connectivity index (χ3v) is 2.85. The number of carbonyl (C=O) groups is 3. The molecule has 0 atom stereocenters. The molecule has 0 aliphatic heterocycles. The van der Waals surface area contributed by atoms with E-state index in [4.69, 9.17) is 14.3 Å². The fraction of sp³-hybridized carbons (Fsp3) is 0.579. The molecule has 27 heavy (non-hydrogen) atoms. The minimum Gasteiger partial charge on any atom is -0.461 e. The van der Waals surface area contributed by atoms with Gasteiger partial charge in [-0.1, -0.05) is 31.9 Å². The monoisotopic (exact) mass is 380 g/mol. The summed E-state index contributed by atoms with van der Waals surface area (Å²) in [5.41, 5.74) is -1.17. The van der Waals surface area contributed by atoms with Crippen molar-refractivity contribution < 1.29 is 28.7 Å². The lowest BCUT2D eigenvalue weighted by molar-refractivity contribution is -0.147. The molecule has 1 rings (SSSR count). The summed E-state index contributed by atoms with van der Waals surface area (Å²) >= 11 is 0. The van der Waals surface area contributed by atoms with E-state index in [0.29, 0.717) is 5.06 Å². The maximum atomic E-state index is 12.5. The van der Waals surface area contributed by atoms with E-state index in [1.807, 2.05) is 20.8 Å². The van der Waals surface area contributed by atoms with Crippen molar-refractivity contribution in [2.24, 2.45) is 5.41 Å². The largest absolute Gasteiger partial charge is 0.461 e. The predicted octanol–water partition coefficient (Wildman–Crippen LogP) is 3.89. The van der Waals surface area contributed by atoms with Gasteiger partial charge >= 0.3 is 18.0 Å². The van der Waals surface area contributed by atoms with Crippen LogP contribution in [0, 0.1) is 5.41 Å². The standard InChI is InChI=1S/C19H28N2O6/c1-8-25-16(23)13-10-9-11-14(20-13)21(17(24)26-19(5,6)7)27-15(22)12-18(2,3)4/h9-11H,8,12H2,1-7H3. The van der Waals surface area contributed by atoms with Gasteiger partial charge in [-0.3, -0.25) is 0 Å². The third kappa shape index (κ3) is 8.06. The van der Waals surface area contributed by atoms with Gasteiger partial charge in [-0.05, 0) is 45.2 Å². The number of hydrogen-bond acceptors (Lipinski definition) is 7. The average Bonchev–Trinajstić information content (AvgIpc) is 2.49. The van der Waals surface area contributed by atoms with Gasteiger partial charge in [0.25, 0.3) is 0 Å². The summed E-state index contributed by atoms with van der Waals surface area (Å²) < 4.78 is 10.2. The van der Waals surface area contributed by atoms with Crippen molar-refractivity contribution in [2.75, 3.05) is 11.7 Å². The minimum atomic E-state index is -0.918. The molecule has 0 aromatic carbocycles. The van der Waals surface area contributed by atoms with Crippen molar-refractivity contribution in [2.45, 2.75) is 60.5 Å². The number of carbonyl (C=O) groups excluding carboxylic acids is 3. The van der Waals surface area contributed by atoms with Crippen LogP contribution in [0.4, 0.5) is 10.6 Å². The number of anilines is 1. The second kappa shape index (κ2) is 8.83. The fourth-order valence-electron chi connectivity index (χ4n) is 1.90. The summed E-state index contributed by atoms with van der Waals surface area (Å²) in [6, 6.07) is 4.37. The van der Waals surface area contributed by atoms with Gasteiger partial charge in [0.1, 0.15) is 5.60 Å². The van der Waals surface area contributed by atoms with Crippen LogP contribution in [-0.2, 0) is 19.1 Å². The van der Waals surface area contributed by atoms with Gasteiger partial charge in [0.05, 0.1) is 13.0 Å². The molecule has 0 fully saturated rings. The number of nitrogens with zero attached hydrogens (tertiary/aromatic N) is 2. The first-order valence-electron chi connectivity index (χ1n) is 8.70. The summed E-state index contributed by atoms with van der Waals surface area (Å²) in [6.07, 6.45) is -0.845. The maximum Gasteiger partial charge on any atom is 0.450 e. The lowest BCUT2D eigenvalue weighted by Gasteiger charge is -2.26. The van der Waals surface area contributed by atoms with Gasteiger partial charge in [0.15, 0.2) is 11.5 Å². The molecule has 0 aliphatic carbocycles. The number of ether oxygens (including phenoxy) is 2. The highest BCUT2D eigenvalue weighted by atomic mass is 16.8. The Balaban J connectivity index is 3.17. The highest BCUT2D eigenvalue weighted by molar-refractivity contribution is 5.90. The molecule has 0 N–H and O–H groups in total. The molecule has 8 nitrogen and oxygen atoms in total.